The van der Waals surface area contributed by atoms with Gasteiger partial charge >= 0.3 is 0 Å². The smallest absolute Gasteiger partial charge is 0.0657 e. The summed E-state index contributed by atoms with van der Waals surface area (Å²) in [5.74, 6) is 3.04. The van der Waals surface area contributed by atoms with E-state index in [9.17, 15) is 0 Å². The third kappa shape index (κ3) is 11.4. The van der Waals surface area contributed by atoms with Crippen LogP contribution in [0.15, 0.2) is 60.7 Å². The summed E-state index contributed by atoms with van der Waals surface area (Å²) >= 11 is 12.5. The van der Waals surface area contributed by atoms with E-state index in [4.69, 9.17) is 27.9 Å². The lowest BCUT2D eigenvalue weighted by molar-refractivity contribution is 0.193. The zero-order valence-electron chi connectivity index (χ0n) is 27.0. The summed E-state index contributed by atoms with van der Waals surface area (Å²) in [7, 11) is 0. The molecule has 0 atom stereocenters. The Morgan fingerprint density at radius 2 is 0.953 bits per heavy atom. The maximum Gasteiger partial charge on any atom is 0.0657 e. The van der Waals surface area contributed by atoms with Crippen LogP contribution in [0.25, 0.3) is 11.1 Å². The molecule has 0 amide bonds. The molecule has 0 saturated heterocycles. The number of rotatable bonds is 16. The molecule has 43 heavy (non-hydrogen) atoms. The molecular formula is C40H56Cl2O. The summed E-state index contributed by atoms with van der Waals surface area (Å²) in [5.41, 5.74) is 5.50. The van der Waals surface area contributed by atoms with Crippen molar-refractivity contribution in [3.05, 3.63) is 81.9 Å². The molecule has 2 aliphatic rings. The SMILES string of the molecule is CCCCC[C@H]1CC[C@H](C(=CCOCC=C(c2ccc(Cl)cc2)[C@H]2CC[C@H](CCCCC)CC2)c2ccc(Cl)cc2)CC1. The van der Waals surface area contributed by atoms with Crippen LogP contribution in [0.5, 0.6) is 0 Å². The molecule has 236 valence electrons. The Balaban J connectivity index is 1.38. The highest BCUT2D eigenvalue weighted by Crippen LogP contribution is 2.41. The molecule has 0 heterocycles. The van der Waals surface area contributed by atoms with E-state index in [-0.39, 0.29) is 0 Å². The average Bonchev–Trinajstić information content (AvgIpc) is 3.03. The molecule has 0 unspecified atom stereocenters. The monoisotopic (exact) mass is 622 g/mol. The van der Waals surface area contributed by atoms with Gasteiger partial charge in [0.1, 0.15) is 0 Å². The molecule has 0 N–H and O–H groups in total. The first-order valence-electron chi connectivity index (χ1n) is 17.6. The Bertz CT molecular complexity index is 1010. The van der Waals surface area contributed by atoms with E-state index in [1.807, 2.05) is 24.3 Å². The van der Waals surface area contributed by atoms with Crippen molar-refractivity contribution in [1.29, 1.82) is 0 Å². The zero-order valence-corrected chi connectivity index (χ0v) is 28.5. The molecule has 2 aromatic carbocycles. The van der Waals surface area contributed by atoms with Crippen LogP contribution >= 0.6 is 23.2 Å². The molecule has 4 rings (SSSR count). The molecule has 0 spiro atoms. The van der Waals surface area contributed by atoms with Crippen LogP contribution in [0.3, 0.4) is 0 Å². The molecular weight excluding hydrogens is 567 g/mol. The standard InChI is InChI=1S/C40H56Cl2O/c1-3-5-7-9-31-11-15-33(16-12-31)39(35-19-23-37(41)24-20-35)27-29-43-30-28-40(36-21-25-38(42)26-22-36)34-17-13-32(14-18-34)10-8-6-4-2/h19-28,31-34H,3-18,29-30H2,1-2H3/t31-,32-,33-,34-. The van der Waals surface area contributed by atoms with Gasteiger partial charge < -0.3 is 4.74 Å². The van der Waals surface area contributed by atoms with Crippen molar-refractivity contribution in [2.75, 3.05) is 13.2 Å². The van der Waals surface area contributed by atoms with Crippen molar-refractivity contribution in [3.63, 3.8) is 0 Å². The quantitative estimate of drug-likeness (QED) is 0.169. The van der Waals surface area contributed by atoms with E-state index in [1.165, 1.54) is 125 Å². The lowest BCUT2D eigenvalue weighted by atomic mass is 9.75. The third-order valence-electron chi connectivity index (χ3n) is 10.2. The van der Waals surface area contributed by atoms with Crippen molar-refractivity contribution in [2.24, 2.45) is 23.7 Å². The van der Waals surface area contributed by atoms with E-state index >= 15 is 0 Å². The molecule has 2 saturated carbocycles. The first-order chi connectivity index (χ1) is 21.1. The maximum atomic E-state index is 6.33. The number of benzene rings is 2. The van der Waals surface area contributed by atoms with Gasteiger partial charge in [-0.3, -0.25) is 0 Å². The van der Waals surface area contributed by atoms with Crippen LogP contribution in [0.4, 0.5) is 0 Å². The fourth-order valence-electron chi connectivity index (χ4n) is 7.58. The number of hydrogen-bond donors (Lipinski definition) is 0. The summed E-state index contributed by atoms with van der Waals surface area (Å²) in [6, 6.07) is 16.9. The summed E-state index contributed by atoms with van der Waals surface area (Å²) in [6.07, 6.45) is 26.3. The second-order valence-electron chi connectivity index (χ2n) is 13.3. The van der Waals surface area contributed by atoms with E-state index in [2.05, 4.69) is 50.3 Å². The first kappa shape index (κ1) is 34.3. The lowest BCUT2D eigenvalue weighted by Gasteiger charge is -2.31. The van der Waals surface area contributed by atoms with Crippen LogP contribution in [0.2, 0.25) is 10.0 Å². The minimum atomic E-state index is 0.611. The van der Waals surface area contributed by atoms with Gasteiger partial charge in [0.05, 0.1) is 13.2 Å². The van der Waals surface area contributed by atoms with Gasteiger partial charge in [0.25, 0.3) is 0 Å². The number of allylic oxidation sites excluding steroid dienone is 2. The van der Waals surface area contributed by atoms with Crippen molar-refractivity contribution < 1.29 is 4.74 Å². The van der Waals surface area contributed by atoms with E-state index in [0.717, 1.165) is 21.9 Å². The number of ether oxygens (including phenoxy) is 1. The van der Waals surface area contributed by atoms with Crippen molar-refractivity contribution in [2.45, 2.75) is 117 Å². The Kier molecular flexibility index (Phi) is 15.2. The minimum absolute atomic E-state index is 0.611. The van der Waals surface area contributed by atoms with Gasteiger partial charge in [-0.1, -0.05) is 125 Å². The maximum absolute atomic E-state index is 6.33. The number of halogens is 2. The topological polar surface area (TPSA) is 9.23 Å². The van der Waals surface area contributed by atoms with E-state index in [1.54, 1.807) is 0 Å². The fraction of sp³-hybridized carbons (Fsp3) is 0.600. The van der Waals surface area contributed by atoms with Crippen LogP contribution in [0, 0.1) is 23.7 Å². The Labute approximate surface area is 273 Å². The average molecular weight is 624 g/mol. The Hall–Kier alpha value is -1.54. The predicted molar refractivity (Wildman–Crippen MR) is 189 cm³/mol. The van der Waals surface area contributed by atoms with E-state index < -0.39 is 0 Å². The van der Waals surface area contributed by atoms with Crippen molar-refractivity contribution in [1.82, 2.24) is 0 Å². The molecule has 2 fully saturated rings. The molecule has 2 aromatic rings. The Morgan fingerprint density at radius 1 is 0.581 bits per heavy atom. The summed E-state index contributed by atoms with van der Waals surface area (Å²) in [6.45, 7) is 5.89. The number of unbranched alkanes of at least 4 members (excludes halogenated alkanes) is 4. The zero-order chi connectivity index (χ0) is 30.3. The predicted octanol–water partition coefficient (Wildman–Crippen LogP) is 13.3. The Morgan fingerprint density at radius 3 is 1.30 bits per heavy atom. The largest absolute Gasteiger partial charge is 0.373 e. The second-order valence-corrected chi connectivity index (χ2v) is 14.2. The van der Waals surface area contributed by atoms with Gasteiger partial charge in [0.2, 0.25) is 0 Å². The minimum Gasteiger partial charge on any atom is -0.373 e. The highest BCUT2D eigenvalue weighted by molar-refractivity contribution is 6.30. The lowest BCUT2D eigenvalue weighted by Crippen LogP contribution is -2.17. The molecule has 1 nitrogen and oxygen atoms in total. The van der Waals surface area contributed by atoms with Crippen molar-refractivity contribution >= 4 is 34.3 Å². The summed E-state index contributed by atoms with van der Waals surface area (Å²) in [5, 5.41) is 1.60. The first-order valence-corrected chi connectivity index (χ1v) is 18.3. The normalized spacial score (nSPS) is 23.4. The molecule has 0 aromatic heterocycles. The number of hydrogen-bond acceptors (Lipinski definition) is 1. The highest BCUT2D eigenvalue weighted by atomic mass is 35.5. The van der Waals surface area contributed by atoms with Gasteiger partial charge in [-0.2, -0.15) is 0 Å². The van der Waals surface area contributed by atoms with Gasteiger partial charge in [0.15, 0.2) is 0 Å². The van der Waals surface area contributed by atoms with Crippen LogP contribution in [-0.2, 0) is 4.74 Å². The summed E-state index contributed by atoms with van der Waals surface area (Å²) < 4.78 is 6.33. The molecule has 0 radical (unpaired) electrons. The van der Waals surface area contributed by atoms with Crippen LogP contribution in [0.1, 0.15) is 128 Å². The van der Waals surface area contributed by atoms with E-state index in [0.29, 0.717) is 25.0 Å². The highest BCUT2D eigenvalue weighted by Gasteiger charge is 2.25. The van der Waals surface area contributed by atoms with Crippen LogP contribution in [-0.4, -0.2) is 13.2 Å². The summed E-state index contributed by atoms with van der Waals surface area (Å²) in [4.78, 5) is 0. The third-order valence-corrected chi connectivity index (χ3v) is 10.7. The van der Waals surface area contributed by atoms with Gasteiger partial charge in [-0.15, -0.1) is 0 Å². The second kappa shape index (κ2) is 19.1. The van der Waals surface area contributed by atoms with Crippen molar-refractivity contribution in [3.8, 4) is 0 Å². The molecule has 3 heteroatoms. The molecule has 2 aliphatic carbocycles. The van der Waals surface area contributed by atoms with Gasteiger partial charge in [0, 0.05) is 10.0 Å². The molecule has 0 aliphatic heterocycles. The molecule has 0 bridgehead atoms. The van der Waals surface area contributed by atoms with Crippen LogP contribution < -0.4 is 0 Å². The van der Waals surface area contributed by atoms with Gasteiger partial charge in [-0.25, -0.2) is 0 Å². The van der Waals surface area contributed by atoms with Gasteiger partial charge in [-0.05, 0) is 122 Å². The fourth-order valence-corrected chi connectivity index (χ4v) is 7.83.